The molecule has 26 heavy (non-hydrogen) atoms. The lowest BCUT2D eigenvalue weighted by atomic mass is 9.80. The Bertz CT molecular complexity index is 963. The fourth-order valence-corrected chi connectivity index (χ4v) is 4.87. The van der Waals surface area contributed by atoms with Gasteiger partial charge in [0.25, 0.3) is 0 Å². The van der Waals surface area contributed by atoms with Crippen molar-refractivity contribution in [2.24, 2.45) is 11.8 Å². The number of aryl methyl sites for hydroxylation is 3. The molecule has 2 aliphatic heterocycles. The number of rotatable bonds is 1. The molecule has 3 aliphatic rings. The highest BCUT2D eigenvalue weighted by atomic mass is 32.2. The van der Waals surface area contributed by atoms with E-state index in [4.69, 9.17) is 4.74 Å². The minimum Gasteiger partial charge on any atom is -0.511 e. The van der Waals surface area contributed by atoms with Gasteiger partial charge in [-0.1, -0.05) is 29.5 Å². The van der Waals surface area contributed by atoms with E-state index in [0.717, 1.165) is 27.8 Å². The van der Waals surface area contributed by atoms with Crippen LogP contribution in [0, 0.1) is 43.8 Å². The summed E-state index contributed by atoms with van der Waals surface area (Å²) in [7, 11) is -0.230. The van der Waals surface area contributed by atoms with Crippen molar-refractivity contribution in [1.29, 1.82) is 0 Å². The summed E-state index contributed by atoms with van der Waals surface area (Å²) in [6, 6.07) is 4.11. The van der Waals surface area contributed by atoms with Gasteiger partial charge in [-0.15, -0.1) is 10.5 Å². The summed E-state index contributed by atoms with van der Waals surface area (Å²) < 4.78 is 5.96. The third kappa shape index (κ3) is 2.42. The largest absolute Gasteiger partial charge is 0.511 e. The number of carbonyl (C=O) groups excluding carboxylic acids is 1. The first-order valence-corrected chi connectivity index (χ1v) is 10.5. The molecule has 0 aromatic heterocycles. The van der Waals surface area contributed by atoms with Crippen LogP contribution in [0.4, 0.5) is 0 Å². The molecule has 4 heteroatoms. The van der Waals surface area contributed by atoms with Crippen LogP contribution in [0.15, 0.2) is 29.5 Å². The number of fused-ring (bicyclic) bond motifs is 5. The van der Waals surface area contributed by atoms with Gasteiger partial charge in [-0.2, -0.15) is 0 Å². The van der Waals surface area contributed by atoms with Crippen molar-refractivity contribution in [1.82, 2.24) is 0 Å². The first kappa shape index (κ1) is 17.3. The third-order valence-electron chi connectivity index (χ3n) is 5.44. The molecule has 1 aromatic carbocycles. The van der Waals surface area contributed by atoms with Crippen LogP contribution in [0.3, 0.4) is 0 Å². The maximum absolute atomic E-state index is 13.2. The number of ketones is 1. The van der Waals surface area contributed by atoms with E-state index in [9.17, 15) is 9.90 Å². The number of benzene rings is 1. The van der Waals surface area contributed by atoms with Crippen molar-refractivity contribution < 1.29 is 14.6 Å². The summed E-state index contributed by atoms with van der Waals surface area (Å²) in [6.45, 7) is 6.03. The molecular weight excluding hydrogens is 344 g/mol. The van der Waals surface area contributed by atoms with Gasteiger partial charge in [0.2, 0.25) is 0 Å². The van der Waals surface area contributed by atoms with E-state index in [1.54, 1.807) is 0 Å². The highest BCUT2D eigenvalue weighted by molar-refractivity contribution is 8.17. The van der Waals surface area contributed by atoms with Crippen LogP contribution >= 0.6 is 10.5 Å². The molecule has 1 N–H and O–H groups in total. The topological polar surface area (TPSA) is 46.5 Å². The van der Waals surface area contributed by atoms with Crippen LogP contribution in [0.5, 0.6) is 0 Å². The van der Waals surface area contributed by atoms with Crippen LogP contribution in [0.25, 0.3) is 5.57 Å². The quantitative estimate of drug-likeness (QED) is 0.609. The van der Waals surface area contributed by atoms with Gasteiger partial charge in [0, 0.05) is 5.57 Å². The van der Waals surface area contributed by atoms with Crippen molar-refractivity contribution in [3.63, 3.8) is 0 Å². The maximum atomic E-state index is 13.2. The average Bonchev–Trinajstić information content (AvgIpc) is 3.18. The summed E-state index contributed by atoms with van der Waals surface area (Å²) >= 11 is 0. The van der Waals surface area contributed by atoms with Gasteiger partial charge in [-0.05, 0) is 55.0 Å². The van der Waals surface area contributed by atoms with Crippen LogP contribution < -0.4 is 0 Å². The monoisotopic (exact) mass is 366 g/mol. The Kier molecular flexibility index (Phi) is 3.98. The average molecular weight is 366 g/mol. The summed E-state index contributed by atoms with van der Waals surface area (Å²) in [4.78, 5) is 13.2. The molecule has 5 atom stereocenters. The first-order valence-electron chi connectivity index (χ1n) is 8.69. The minimum absolute atomic E-state index is 0.00860. The number of hydrogen-bond acceptors (Lipinski definition) is 3. The number of aliphatic hydroxyl groups is 1. The van der Waals surface area contributed by atoms with E-state index < -0.39 is 0 Å². The maximum Gasteiger partial charge on any atom is 0.173 e. The summed E-state index contributed by atoms with van der Waals surface area (Å²) in [5, 5.41) is 14.1. The molecule has 0 spiro atoms. The summed E-state index contributed by atoms with van der Waals surface area (Å²) in [6.07, 6.45) is 3.29. The van der Waals surface area contributed by atoms with Crippen molar-refractivity contribution in [3.05, 3.63) is 51.8 Å². The SMILES string of the molecule is C=S(C)C#CC1=C[C@@H]2O[C@H]1[C@H]1C(O)=C(c3c(C)cc(C)cc3C)C(=O)[C@H]12. The van der Waals surface area contributed by atoms with Crippen molar-refractivity contribution in [3.8, 4) is 11.2 Å². The van der Waals surface area contributed by atoms with Crippen molar-refractivity contribution in [2.45, 2.75) is 33.0 Å². The Morgan fingerprint density at radius 3 is 2.46 bits per heavy atom. The normalized spacial score (nSPS) is 30.2. The zero-order chi connectivity index (χ0) is 18.7. The second-order valence-corrected chi connectivity index (χ2v) is 8.94. The lowest BCUT2D eigenvalue weighted by Crippen LogP contribution is -2.28. The molecule has 1 aliphatic carbocycles. The number of ether oxygens (including phenoxy) is 1. The molecule has 1 fully saturated rings. The predicted octanol–water partition coefficient (Wildman–Crippen LogP) is 3.70. The Morgan fingerprint density at radius 1 is 1.19 bits per heavy atom. The van der Waals surface area contributed by atoms with E-state index in [-0.39, 0.29) is 46.1 Å². The van der Waals surface area contributed by atoms with Gasteiger partial charge >= 0.3 is 0 Å². The predicted molar refractivity (Wildman–Crippen MR) is 107 cm³/mol. The van der Waals surface area contributed by atoms with Crippen LogP contribution in [-0.2, 0) is 9.53 Å². The number of hydrogen-bond donors (Lipinski definition) is 1. The Morgan fingerprint density at radius 2 is 1.85 bits per heavy atom. The highest BCUT2D eigenvalue weighted by Crippen LogP contribution is 2.53. The van der Waals surface area contributed by atoms with E-state index in [0.29, 0.717) is 5.57 Å². The van der Waals surface area contributed by atoms with Gasteiger partial charge in [0.15, 0.2) is 5.78 Å². The minimum atomic E-state index is -0.333. The fraction of sp³-hybridized carbons (Fsp3) is 0.364. The molecule has 2 heterocycles. The highest BCUT2D eigenvalue weighted by Gasteiger charge is 2.59. The van der Waals surface area contributed by atoms with E-state index in [1.165, 1.54) is 0 Å². The Hall–Kier alpha value is -2.09. The molecule has 1 aromatic rings. The van der Waals surface area contributed by atoms with Crippen LogP contribution in [-0.4, -0.2) is 35.2 Å². The van der Waals surface area contributed by atoms with Gasteiger partial charge in [0.05, 0.1) is 23.5 Å². The molecule has 4 rings (SSSR count). The summed E-state index contributed by atoms with van der Waals surface area (Å²) in [5.74, 6) is 6.55. The van der Waals surface area contributed by atoms with Gasteiger partial charge in [0.1, 0.15) is 11.9 Å². The zero-order valence-corrected chi connectivity index (χ0v) is 16.2. The number of Topliss-reactive ketones (excluding diaryl/α,β-unsaturated/α-hetero) is 1. The standard InChI is InChI=1S/C22H22O3S/c1-11-8-12(2)16(13(3)9-11)18-20(23)17-15-10-14(6-7-26(4)5)22(25-15)19(17)21(18)24/h8-10,15,17,19,22,24H,4H2,1-3,5H3/t15-,17-,19+,22+,26?/m0/s1. The number of aliphatic hydroxyl groups excluding tert-OH is 1. The van der Waals surface area contributed by atoms with Crippen molar-refractivity contribution in [2.75, 3.05) is 6.26 Å². The van der Waals surface area contributed by atoms with E-state index >= 15 is 0 Å². The van der Waals surface area contributed by atoms with Gasteiger partial charge < -0.3 is 9.84 Å². The second kappa shape index (κ2) is 5.97. The van der Waals surface area contributed by atoms with Crippen molar-refractivity contribution >= 4 is 27.7 Å². The third-order valence-corrected chi connectivity index (χ3v) is 5.89. The molecule has 134 valence electrons. The van der Waals surface area contributed by atoms with Gasteiger partial charge in [-0.25, -0.2) is 0 Å². The lowest BCUT2D eigenvalue weighted by Gasteiger charge is -2.18. The van der Waals surface area contributed by atoms with Crippen LogP contribution in [0.1, 0.15) is 22.3 Å². The molecule has 3 nitrogen and oxygen atoms in total. The zero-order valence-electron chi connectivity index (χ0n) is 15.4. The molecule has 1 unspecified atom stereocenters. The first-order chi connectivity index (χ1) is 12.3. The smallest absolute Gasteiger partial charge is 0.173 e. The molecule has 1 saturated heterocycles. The molecule has 0 saturated carbocycles. The van der Waals surface area contributed by atoms with E-state index in [1.807, 2.05) is 33.1 Å². The number of allylic oxidation sites excluding steroid dienone is 1. The molecular formula is C22H22O3S. The Balaban J connectivity index is 1.79. The fourth-order valence-electron chi connectivity index (χ4n) is 4.58. The van der Waals surface area contributed by atoms with E-state index in [2.05, 4.69) is 29.2 Å². The second-order valence-electron chi connectivity index (χ2n) is 7.46. The molecule has 0 amide bonds. The van der Waals surface area contributed by atoms with Gasteiger partial charge in [-0.3, -0.25) is 4.79 Å². The lowest BCUT2D eigenvalue weighted by molar-refractivity contribution is -0.118. The number of carbonyl (C=O) groups is 1. The Labute approximate surface area is 156 Å². The molecule has 2 bridgehead atoms. The molecule has 0 radical (unpaired) electrons. The summed E-state index contributed by atoms with van der Waals surface area (Å²) in [5.41, 5.74) is 5.41. The van der Waals surface area contributed by atoms with Crippen LogP contribution in [0.2, 0.25) is 0 Å².